The Bertz CT molecular complexity index is 609. The van der Waals surface area contributed by atoms with E-state index in [0.717, 1.165) is 30.0 Å². The van der Waals surface area contributed by atoms with Gasteiger partial charge >= 0.3 is 0 Å². The van der Waals surface area contributed by atoms with Crippen molar-refractivity contribution in [1.29, 1.82) is 0 Å². The van der Waals surface area contributed by atoms with E-state index in [1.165, 1.54) is 5.56 Å². The molecule has 4 heteroatoms. The molecule has 0 fully saturated rings. The summed E-state index contributed by atoms with van der Waals surface area (Å²) in [7, 11) is 4.06. The van der Waals surface area contributed by atoms with Gasteiger partial charge in [-0.05, 0) is 49.9 Å². The summed E-state index contributed by atoms with van der Waals surface area (Å²) >= 11 is 0. The van der Waals surface area contributed by atoms with Crippen LogP contribution >= 0.6 is 0 Å². The first kappa shape index (κ1) is 16.2. The molecule has 2 rings (SSSR count). The van der Waals surface area contributed by atoms with Crippen molar-refractivity contribution in [1.82, 2.24) is 14.9 Å². The third-order valence-electron chi connectivity index (χ3n) is 3.24. The van der Waals surface area contributed by atoms with E-state index in [9.17, 15) is 0 Å². The molecule has 22 heavy (non-hydrogen) atoms. The molecule has 1 heterocycles. The van der Waals surface area contributed by atoms with Crippen molar-refractivity contribution in [2.75, 3.05) is 27.2 Å². The lowest BCUT2D eigenvalue weighted by Gasteiger charge is -2.12. The van der Waals surface area contributed by atoms with E-state index >= 15 is 0 Å². The molecule has 1 radical (unpaired) electrons. The van der Waals surface area contributed by atoms with Crippen LogP contribution in [0.2, 0.25) is 0 Å². The van der Waals surface area contributed by atoms with Gasteiger partial charge in [0.2, 0.25) is 0 Å². The van der Waals surface area contributed by atoms with Crippen LogP contribution in [0.15, 0.2) is 30.7 Å². The van der Waals surface area contributed by atoms with E-state index < -0.39 is 0 Å². The molecule has 2 aromatic rings. The van der Waals surface area contributed by atoms with Crippen molar-refractivity contribution in [3.8, 4) is 5.75 Å². The van der Waals surface area contributed by atoms with Crippen LogP contribution in [0.4, 0.5) is 0 Å². The van der Waals surface area contributed by atoms with Gasteiger partial charge < -0.3 is 9.64 Å². The smallest absolute Gasteiger partial charge is 0.127 e. The van der Waals surface area contributed by atoms with Gasteiger partial charge in [-0.15, -0.1) is 0 Å². The topological polar surface area (TPSA) is 38.2 Å². The van der Waals surface area contributed by atoms with Gasteiger partial charge in [0, 0.05) is 18.8 Å². The van der Waals surface area contributed by atoms with Gasteiger partial charge in [-0.2, -0.15) is 0 Å². The van der Waals surface area contributed by atoms with Crippen molar-refractivity contribution in [3.63, 3.8) is 0 Å². The van der Waals surface area contributed by atoms with E-state index in [1.807, 2.05) is 38.4 Å². The number of aryl methyl sites for hydroxylation is 1. The van der Waals surface area contributed by atoms with Crippen molar-refractivity contribution >= 4 is 12.2 Å². The molecule has 0 saturated heterocycles. The van der Waals surface area contributed by atoms with E-state index in [1.54, 1.807) is 12.5 Å². The summed E-state index contributed by atoms with van der Waals surface area (Å²) in [6.45, 7) is 3.68. The summed E-state index contributed by atoms with van der Waals surface area (Å²) in [6.07, 6.45) is 8.23. The zero-order valence-corrected chi connectivity index (χ0v) is 13.4. The van der Waals surface area contributed by atoms with Crippen LogP contribution in [0.1, 0.15) is 23.7 Å². The first-order chi connectivity index (χ1) is 10.7. The summed E-state index contributed by atoms with van der Waals surface area (Å²) in [4.78, 5) is 10.2. The third-order valence-corrected chi connectivity index (χ3v) is 3.24. The molecule has 0 bridgehead atoms. The highest BCUT2D eigenvalue weighted by atomic mass is 16.5. The fourth-order valence-corrected chi connectivity index (χ4v) is 1.97. The fourth-order valence-electron chi connectivity index (χ4n) is 1.97. The van der Waals surface area contributed by atoms with Crippen molar-refractivity contribution in [2.45, 2.75) is 13.3 Å². The van der Waals surface area contributed by atoms with Crippen LogP contribution in [0.3, 0.4) is 0 Å². The largest absolute Gasteiger partial charge is 0.492 e. The maximum Gasteiger partial charge on any atom is 0.127 e. The standard InChI is InChI=1S/C18H22N3O/c1-4-15-6-8-18(22-12-11-21(2)3)13-16(15)5-7-17-9-10-19-14-20-17/h5-10,14H,4,11-12H2,1-3H3. The van der Waals surface area contributed by atoms with Crippen LogP contribution in [0.25, 0.3) is 12.2 Å². The minimum Gasteiger partial charge on any atom is -0.492 e. The van der Waals surface area contributed by atoms with Crippen LogP contribution in [-0.2, 0) is 6.42 Å². The lowest BCUT2D eigenvalue weighted by Crippen LogP contribution is -2.19. The molecule has 0 N–H and O–H groups in total. The molecule has 0 spiro atoms. The van der Waals surface area contributed by atoms with E-state index in [-0.39, 0.29) is 0 Å². The van der Waals surface area contributed by atoms with Crippen LogP contribution in [0.5, 0.6) is 5.75 Å². The molecule has 1 aromatic carbocycles. The maximum absolute atomic E-state index is 5.75. The number of aromatic nitrogens is 2. The van der Waals surface area contributed by atoms with Crippen LogP contribution < -0.4 is 4.74 Å². The Morgan fingerprint density at radius 2 is 2.09 bits per heavy atom. The third kappa shape index (κ3) is 4.97. The Labute approximate surface area is 132 Å². The highest BCUT2D eigenvalue weighted by molar-refractivity contribution is 5.70. The van der Waals surface area contributed by atoms with E-state index in [0.29, 0.717) is 6.61 Å². The number of ether oxygens (including phenoxy) is 1. The molecule has 0 saturated carbocycles. The lowest BCUT2D eigenvalue weighted by molar-refractivity contribution is 0.261. The maximum atomic E-state index is 5.75. The highest BCUT2D eigenvalue weighted by Crippen LogP contribution is 2.20. The molecular weight excluding hydrogens is 274 g/mol. The quantitative estimate of drug-likeness (QED) is 0.787. The molecule has 0 atom stereocenters. The molecule has 0 amide bonds. The van der Waals surface area contributed by atoms with Gasteiger partial charge in [0.15, 0.2) is 0 Å². The summed E-state index contributed by atoms with van der Waals surface area (Å²) in [6, 6.07) is 9.29. The van der Waals surface area contributed by atoms with Gasteiger partial charge in [-0.3, -0.25) is 0 Å². The molecular formula is C18H22N3O. The van der Waals surface area contributed by atoms with Crippen molar-refractivity contribution in [3.05, 3.63) is 53.6 Å². The number of hydrogen-bond acceptors (Lipinski definition) is 4. The Kier molecular flexibility index (Phi) is 6.10. The second-order valence-corrected chi connectivity index (χ2v) is 5.23. The fraction of sp³-hybridized carbons (Fsp3) is 0.333. The minimum absolute atomic E-state index is 0.657. The Balaban J connectivity index is 2.12. The Morgan fingerprint density at radius 3 is 2.77 bits per heavy atom. The van der Waals surface area contributed by atoms with E-state index in [4.69, 9.17) is 4.74 Å². The normalized spacial score (nSPS) is 11.3. The van der Waals surface area contributed by atoms with Crippen LogP contribution in [-0.4, -0.2) is 42.1 Å². The molecule has 115 valence electrons. The Hall–Kier alpha value is -2.20. The zero-order chi connectivity index (χ0) is 15.8. The molecule has 4 nitrogen and oxygen atoms in total. The predicted octanol–water partition coefficient (Wildman–Crippen LogP) is 2.95. The summed E-state index contributed by atoms with van der Waals surface area (Å²) in [5, 5.41) is 0. The average Bonchev–Trinajstić information content (AvgIpc) is 2.54. The molecule has 0 aliphatic heterocycles. The summed E-state index contributed by atoms with van der Waals surface area (Å²) in [5.74, 6) is 0.779. The average molecular weight is 296 g/mol. The monoisotopic (exact) mass is 296 g/mol. The number of rotatable bonds is 7. The molecule has 0 aliphatic rings. The first-order valence-corrected chi connectivity index (χ1v) is 7.46. The number of benzene rings is 1. The van der Waals surface area contributed by atoms with Crippen molar-refractivity contribution < 1.29 is 4.74 Å². The Morgan fingerprint density at radius 1 is 1.23 bits per heavy atom. The molecule has 0 unspecified atom stereocenters. The van der Waals surface area contributed by atoms with Gasteiger partial charge in [-0.25, -0.2) is 9.97 Å². The number of hydrogen-bond donors (Lipinski definition) is 0. The first-order valence-electron chi connectivity index (χ1n) is 7.46. The van der Waals surface area contributed by atoms with Crippen molar-refractivity contribution in [2.24, 2.45) is 0 Å². The second kappa shape index (κ2) is 8.29. The number of nitrogens with zero attached hydrogens (tertiary/aromatic N) is 3. The minimum atomic E-state index is 0.657. The van der Waals surface area contributed by atoms with Gasteiger partial charge in [0.25, 0.3) is 0 Å². The zero-order valence-electron chi connectivity index (χ0n) is 13.4. The lowest BCUT2D eigenvalue weighted by atomic mass is 10.0. The van der Waals surface area contributed by atoms with Gasteiger partial charge in [-0.1, -0.05) is 19.1 Å². The van der Waals surface area contributed by atoms with Gasteiger partial charge in [0.05, 0.1) is 5.69 Å². The summed E-state index contributed by atoms with van der Waals surface area (Å²) in [5.41, 5.74) is 3.16. The van der Waals surface area contributed by atoms with Gasteiger partial charge in [0.1, 0.15) is 18.7 Å². The highest BCUT2D eigenvalue weighted by Gasteiger charge is 2.02. The molecule has 0 aliphatic carbocycles. The van der Waals surface area contributed by atoms with Crippen LogP contribution in [0, 0.1) is 6.07 Å². The second-order valence-electron chi connectivity index (χ2n) is 5.23. The SMILES string of the molecule is CCc1ccc(OCCN(C)C)[c]c1C=Cc1ccncn1. The predicted molar refractivity (Wildman–Crippen MR) is 89.7 cm³/mol. The molecule has 1 aromatic heterocycles. The van der Waals surface area contributed by atoms with E-state index in [2.05, 4.69) is 33.9 Å². The summed E-state index contributed by atoms with van der Waals surface area (Å²) < 4.78 is 5.75. The number of likely N-dealkylation sites (N-methyl/N-ethyl adjacent to an activating group) is 1.